The molecule has 24 heavy (non-hydrogen) atoms. The molecule has 0 spiro atoms. The van der Waals surface area contributed by atoms with Gasteiger partial charge in [-0.1, -0.05) is 42.5 Å². The Morgan fingerprint density at radius 1 is 1.12 bits per heavy atom. The lowest BCUT2D eigenvalue weighted by atomic mass is 10.0. The van der Waals surface area contributed by atoms with Crippen LogP contribution in [-0.2, 0) is 20.7 Å². The highest BCUT2D eigenvalue weighted by molar-refractivity contribution is 14.1. The van der Waals surface area contributed by atoms with Crippen molar-refractivity contribution in [3.8, 4) is 0 Å². The Morgan fingerprint density at radius 3 is 2.29 bits per heavy atom. The molecular weight excluding hydrogens is 419 g/mol. The molecule has 5 nitrogen and oxygen atoms in total. The van der Waals surface area contributed by atoms with Crippen molar-refractivity contribution >= 4 is 34.4 Å². The lowest BCUT2D eigenvalue weighted by Gasteiger charge is -2.20. The van der Waals surface area contributed by atoms with E-state index in [4.69, 9.17) is 10.5 Å². The molecule has 126 valence electrons. The van der Waals surface area contributed by atoms with Crippen LogP contribution in [0.1, 0.15) is 17.2 Å². The molecule has 0 aliphatic carbocycles. The first-order valence-electron chi connectivity index (χ1n) is 7.43. The lowest BCUT2D eigenvalue weighted by Crippen LogP contribution is -2.47. The molecule has 3 N–H and O–H groups in total. The molecule has 0 radical (unpaired) electrons. The summed E-state index contributed by atoms with van der Waals surface area (Å²) in [6, 6.07) is 16.0. The molecule has 2 rings (SSSR count). The van der Waals surface area contributed by atoms with Crippen molar-refractivity contribution in [2.24, 2.45) is 5.73 Å². The molecule has 0 saturated carbocycles. The van der Waals surface area contributed by atoms with E-state index in [0.29, 0.717) is 6.42 Å². The average molecular weight is 438 g/mol. The number of halogens is 1. The van der Waals surface area contributed by atoms with Crippen LogP contribution in [0.25, 0.3) is 0 Å². The highest BCUT2D eigenvalue weighted by Gasteiger charge is 2.25. The number of primary amides is 1. The highest BCUT2D eigenvalue weighted by Crippen LogP contribution is 2.17. The summed E-state index contributed by atoms with van der Waals surface area (Å²) < 4.78 is 6.38. The van der Waals surface area contributed by atoms with Gasteiger partial charge in [-0.2, -0.15) is 0 Å². The second kappa shape index (κ2) is 8.79. The van der Waals surface area contributed by atoms with Crippen LogP contribution in [0.15, 0.2) is 54.6 Å². The van der Waals surface area contributed by atoms with Gasteiger partial charge in [-0.05, 0) is 45.9 Å². The van der Waals surface area contributed by atoms with Crippen molar-refractivity contribution in [1.82, 2.24) is 5.32 Å². The van der Waals surface area contributed by atoms with Crippen molar-refractivity contribution in [2.45, 2.75) is 18.6 Å². The maximum absolute atomic E-state index is 12.5. The molecule has 6 heteroatoms. The van der Waals surface area contributed by atoms with Crippen LogP contribution in [0, 0.1) is 3.57 Å². The van der Waals surface area contributed by atoms with E-state index in [0.717, 1.165) is 14.7 Å². The van der Waals surface area contributed by atoms with Crippen molar-refractivity contribution in [1.29, 1.82) is 0 Å². The van der Waals surface area contributed by atoms with Gasteiger partial charge in [0.05, 0.1) is 0 Å². The Labute approximate surface area is 154 Å². The minimum atomic E-state index is -0.793. The van der Waals surface area contributed by atoms with Gasteiger partial charge in [0, 0.05) is 17.1 Å². The maximum atomic E-state index is 12.5. The number of ether oxygens (including phenoxy) is 1. The van der Waals surface area contributed by atoms with Crippen LogP contribution in [0.5, 0.6) is 0 Å². The van der Waals surface area contributed by atoms with E-state index in [1.807, 2.05) is 42.5 Å². The number of hydrogen-bond donors (Lipinski definition) is 2. The predicted octanol–water partition coefficient (Wildman–Crippen LogP) is 2.19. The molecule has 0 aliphatic heterocycles. The molecule has 0 heterocycles. The molecule has 0 aromatic heterocycles. The largest absolute Gasteiger partial charge is 0.368 e. The van der Waals surface area contributed by atoms with E-state index in [1.165, 1.54) is 7.11 Å². The van der Waals surface area contributed by atoms with Gasteiger partial charge in [-0.25, -0.2) is 0 Å². The summed E-state index contributed by atoms with van der Waals surface area (Å²) in [5.41, 5.74) is 7.09. The fourth-order valence-corrected chi connectivity index (χ4v) is 2.71. The molecule has 0 fully saturated rings. The van der Waals surface area contributed by atoms with Crippen LogP contribution < -0.4 is 11.1 Å². The van der Waals surface area contributed by atoms with E-state index in [1.54, 1.807) is 12.1 Å². The van der Waals surface area contributed by atoms with Crippen LogP contribution in [-0.4, -0.2) is 25.0 Å². The van der Waals surface area contributed by atoms with Crippen molar-refractivity contribution < 1.29 is 14.3 Å². The van der Waals surface area contributed by atoms with Gasteiger partial charge in [-0.15, -0.1) is 0 Å². The number of hydrogen-bond acceptors (Lipinski definition) is 3. The van der Waals surface area contributed by atoms with Gasteiger partial charge < -0.3 is 15.8 Å². The third-order valence-electron chi connectivity index (χ3n) is 3.59. The zero-order valence-corrected chi connectivity index (χ0v) is 15.4. The van der Waals surface area contributed by atoms with Gasteiger partial charge in [-0.3, -0.25) is 9.59 Å². The summed E-state index contributed by atoms with van der Waals surface area (Å²) in [5.74, 6) is -0.970. The number of amides is 2. The quantitative estimate of drug-likeness (QED) is 0.651. The fraction of sp³-hybridized carbons (Fsp3) is 0.222. The maximum Gasteiger partial charge on any atom is 0.254 e. The van der Waals surface area contributed by atoms with Crippen molar-refractivity contribution in [3.63, 3.8) is 0 Å². The second-order valence-electron chi connectivity index (χ2n) is 5.32. The number of benzene rings is 2. The van der Waals surface area contributed by atoms with Crippen molar-refractivity contribution in [3.05, 3.63) is 69.3 Å². The smallest absolute Gasteiger partial charge is 0.254 e. The third kappa shape index (κ3) is 5.04. The normalized spacial score (nSPS) is 13.1. The summed E-state index contributed by atoms with van der Waals surface area (Å²) in [5, 5.41) is 2.69. The first-order valence-corrected chi connectivity index (χ1v) is 8.51. The molecule has 2 amide bonds. The monoisotopic (exact) mass is 438 g/mol. The average Bonchev–Trinajstić information content (AvgIpc) is 2.57. The number of carbonyl (C=O) groups excluding carboxylic acids is 2. The summed E-state index contributed by atoms with van der Waals surface area (Å²) in [7, 11) is 1.45. The van der Waals surface area contributed by atoms with E-state index in [2.05, 4.69) is 27.9 Å². The highest BCUT2D eigenvalue weighted by atomic mass is 127. The molecule has 0 saturated heterocycles. The zero-order valence-electron chi connectivity index (χ0n) is 13.2. The van der Waals surface area contributed by atoms with Crippen LogP contribution in [0.4, 0.5) is 0 Å². The zero-order chi connectivity index (χ0) is 17.5. The Kier molecular flexibility index (Phi) is 6.74. The van der Waals surface area contributed by atoms with E-state index in [-0.39, 0.29) is 0 Å². The molecule has 2 atom stereocenters. The number of rotatable bonds is 7. The summed E-state index contributed by atoms with van der Waals surface area (Å²) in [6.07, 6.45) is -0.451. The molecule has 2 aromatic carbocycles. The minimum absolute atomic E-state index is 0.337. The standard InChI is InChI=1S/C18H19IN2O3/c1-24-16(13-5-3-2-4-6-13)18(23)21-15(17(20)22)11-12-7-9-14(19)10-8-12/h2-10,15-16H,11H2,1H3,(H2,20,22)(H,21,23)/t15-,16+/m1/s1. The van der Waals surface area contributed by atoms with Gasteiger partial charge in [0.2, 0.25) is 5.91 Å². The van der Waals surface area contributed by atoms with E-state index < -0.39 is 24.0 Å². The lowest BCUT2D eigenvalue weighted by molar-refractivity contribution is -0.134. The van der Waals surface area contributed by atoms with E-state index in [9.17, 15) is 9.59 Å². The summed E-state index contributed by atoms with van der Waals surface area (Å²) >= 11 is 2.21. The Balaban J connectivity index is 2.10. The van der Waals surface area contributed by atoms with Crippen LogP contribution in [0.2, 0.25) is 0 Å². The van der Waals surface area contributed by atoms with Crippen LogP contribution >= 0.6 is 22.6 Å². The Hall–Kier alpha value is -1.93. The first-order chi connectivity index (χ1) is 11.5. The number of carbonyl (C=O) groups is 2. The minimum Gasteiger partial charge on any atom is -0.368 e. The second-order valence-corrected chi connectivity index (χ2v) is 6.57. The number of nitrogens with two attached hydrogens (primary N) is 1. The third-order valence-corrected chi connectivity index (χ3v) is 4.31. The van der Waals surface area contributed by atoms with Crippen LogP contribution in [0.3, 0.4) is 0 Å². The van der Waals surface area contributed by atoms with Gasteiger partial charge in [0.1, 0.15) is 6.04 Å². The molecule has 0 aliphatic rings. The fourth-order valence-electron chi connectivity index (χ4n) is 2.35. The van der Waals surface area contributed by atoms with Gasteiger partial charge >= 0.3 is 0 Å². The molecular formula is C18H19IN2O3. The molecule has 0 bridgehead atoms. The molecule has 2 aromatic rings. The van der Waals surface area contributed by atoms with Gasteiger partial charge in [0.25, 0.3) is 5.91 Å². The SMILES string of the molecule is CO[C@H](C(=O)N[C@H](Cc1ccc(I)cc1)C(N)=O)c1ccccc1. The van der Waals surface area contributed by atoms with E-state index >= 15 is 0 Å². The number of methoxy groups -OCH3 is 1. The predicted molar refractivity (Wildman–Crippen MR) is 100 cm³/mol. The van der Waals surface area contributed by atoms with Crippen molar-refractivity contribution in [2.75, 3.05) is 7.11 Å². The summed E-state index contributed by atoms with van der Waals surface area (Å²) in [6.45, 7) is 0. The first kappa shape index (κ1) is 18.4. The molecule has 0 unspecified atom stereocenters. The topological polar surface area (TPSA) is 81.4 Å². The summed E-state index contributed by atoms with van der Waals surface area (Å²) in [4.78, 5) is 24.2. The Morgan fingerprint density at radius 2 is 1.75 bits per heavy atom. The number of nitrogens with one attached hydrogen (secondary N) is 1. The van der Waals surface area contributed by atoms with Gasteiger partial charge in [0.15, 0.2) is 6.10 Å². The Bertz CT molecular complexity index is 689.